The molecule has 1 aliphatic rings. The summed E-state index contributed by atoms with van der Waals surface area (Å²) in [5.41, 5.74) is 5.18. The van der Waals surface area contributed by atoms with Crippen LogP contribution in [0.15, 0.2) is 78.0 Å². The van der Waals surface area contributed by atoms with Crippen LogP contribution in [0.25, 0.3) is 17.1 Å². The van der Waals surface area contributed by atoms with Crippen molar-refractivity contribution in [3.63, 3.8) is 0 Å². The molecule has 0 saturated carbocycles. The third-order valence-corrected chi connectivity index (χ3v) is 8.16. The van der Waals surface area contributed by atoms with Crippen molar-refractivity contribution in [2.45, 2.75) is 46.4 Å². The quantitative estimate of drug-likeness (QED) is 0.204. The number of nitrogens with one attached hydrogen (secondary N) is 1. The molecule has 3 aromatic carbocycles. The molecule has 0 spiro atoms. The fourth-order valence-corrected chi connectivity index (χ4v) is 5.85. The van der Waals surface area contributed by atoms with E-state index in [4.69, 9.17) is 0 Å². The highest BCUT2D eigenvalue weighted by molar-refractivity contribution is 8.15. The van der Waals surface area contributed by atoms with Gasteiger partial charge in [-0.2, -0.15) is 4.99 Å². The molecule has 13 heteroatoms. The van der Waals surface area contributed by atoms with Crippen molar-refractivity contribution >= 4 is 34.6 Å². The maximum Gasteiger partial charge on any atom is 0.573 e. The molecule has 1 unspecified atom stereocenters. The predicted molar refractivity (Wildman–Crippen MR) is 172 cm³/mol. The number of carbonyl (C=O) groups excluding carboxylic acids is 2. The van der Waals surface area contributed by atoms with Crippen LogP contribution in [0.3, 0.4) is 0 Å². The van der Waals surface area contributed by atoms with Crippen molar-refractivity contribution in [3.05, 3.63) is 89.7 Å². The molecule has 3 amide bonds. The Morgan fingerprint density at radius 1 is 1.07 bits per heavy atom. The molecule has 0 radical (unpaired) electrons. The zero-order chi connectivity index (χ0) is 33.0. The van der Waals surface area contributed by atoms with Gasteiger partial charge in [0.15, 0.2) is 11.0 Å². The number of benzene rings is 3. The van der Waals surface area contributed by atoms with Gasteiger partial charge in [0.2, 0.25) is 5.91 Å². The number of anilines is 1. The molecular formula is C33H33F3N6O3S. The summed E-state index contributed by atoms with van der Waals surface area (Å²) in [5.74, 6) is 0.580. The first-order valence-electron chi connectivity index (χ1n) is 14.7. The third kappa shape index (κ3) is 8.13. The first kappa shape index (κ1) is 32.7. The second kappa shape index (κ2) is 13.8. The molecule has 1 fully saturated rings. The summed E-state index contributed by atoms with van der Waals surface area (Å²) in [5, 5.41) is 7.69. The lowest BCUT2D eigenvalue weighted by Gasteiger charge is -2.22. The number of halogens is 3. The van der Waals surface area contributed by atoms with Crippen LogP contribution in [0.1, 0.15) is 43.4 Å². The number of urea groups is 1. The van der Waals surface area contributed by atoms with E-state index in [-0.39, 0.29) is 29.2 Å². The fraction of sp³-hybridized carbons (Fsp3) is 0.303. The van der Waals surface area contributed by atoms with Crippen molar-refractivity contribution in [1.29, 1.82) is 0 Å². The average Bonchev–Trinajstić information content (AvgIpc) is 3.63. The number of amides is 3. The SMILES string of the molecule is Cc1ccc(C(C)C)c(N2C(=O)CSC2=NC(=O)NCC(C)Cc2ccc(-c3ncn(-c4ccc(OC(F)(F)F)cc4)n3)cc2)c1. The molecule has 1 atom stereocenters. The van der Waals surface area contributed by atoms with E-state index in [9.17, 15) is 22.8 Å². The lowest BCUT2D eigenvalue weighted by atomic mass is 9.99. The van der Waals surface area contributed by atoms with Gasteiger partial charge in [0.1, 0.15) is 12.1 Å². The Balaban J connectivity index is 1.16. The van der Waals surface area contributed by atoms with E-state index >= 15 is 0 Å². The van der Waals surface area contributed by atoms with Crippen LogP contribution in [-0.4, -0.2) is 50.5 Å². The van der Waals surface area contributed by atoms with E-state index < -0.39 is 12.4 Å². The number of aryl methyl sites for hydroxylation is 1. The highest BCUT2D eigenvalue weighted by Gasteiger charge is 2.33. The molecule has 4 aromatic rings. The Bertz CT molecular complexity index is 1740. The Labute approximate surface area is 268 Å². The molecule has 1 aliphatic heterocycles. The lowest BCUT2D eigenvalue weighted by molar-refractivity contribution is -0.274. The van der Waals surface area contributed by atoms with Gasteiger partial charge in [0, 0.05) is 12.1 Å². The molecular weight excluding hydrogens is 617 g/mol. The fourth-order valence-electron chi connectivity index (χ4n) is 4.99. The van der Waals surface area contributed by atoms with Crippen molar-refractivity contribution in [2.24, 2.45) is 10.9 Å². The van der Waals surface area contributed by atoms with Gasteiger partial charge in [-0.05, 0) is 72.2 Å². The Morgan fingerprint density at radius 3 is 2.46 bits per heavy atom. The Morgan fingerprint density at radius 2 is 1.78 bits per heavy atom. The number of thioether (sulfide) groups is 1. The van der Waals surface area contributed by atoms with Crippen LogP contribution in [-0.2, 0) is 11.2 Å². The highest BCUT2D eigenvalue weighted by Crippen LogP contribution is 2.34. The van der Waals surface area contributed by atoms with Crippen LogP contribution in [0.5, 0.6) is 5.75 Å². The summed E-state index contributed by atoms with van der Waals surface area (Å²) in [6, 6.07) is 18.6. The number of carbonyl (C=O) groups is 2. The second-order valence-corrected chi connectivity index (χ2v) is 12.3. The van der Waals surface area contributed by atoms with E-state index in [0.29, 0.717) is 29.6 Å². The summed E-state index contributed by atoms with van der Waals surface area (Å²) in [6.07, 6.45) is -2.57. The number of alkyl halides is 3. The van der Waals surface area contributed by atoms with Crippen LogP contribution >= 0.6 is 11.8 Å². The minimum atomic E-state index is -4.76. The number of nitrogens with zero attached hydrogens (tertiary/aromatic N) is 5. The lowest BCUT2D eigenvalue weighted by Crippen LogP contribution is -2.33. The molecule has 5 rings (SSSR count). The standard InChI is InChI=1S/C33H33F3N6O3S/c1-20(2)27-14-5-21(3)16-28(27)42-29(43)18-46-32(42)39-31(44)37-17-22(4)15-23-6-8-24(9-7-23)30-38-19-41(40-30)25-10-12-26(13-11-25)45-33(34,35)36/h5-14,16,19-20,22H,15,17-18H2,1-4H3,(H,37,44). The molecule has 46 heavy (non-hydrogen) atoms. The van der Waals surface area contributed by atoms with E-state index in [2.05, 4.69) is 39.0 Å². The molecule has 240 valence electrons. The predicted octanol–water partition coefficient (Wildman–Crippen LogP) is 7.29. The van der Waals surface area contributed by atoms with Crippen LogP contribution < -0.4 is 15.0 Å². The molecule has 0 bridgehead atoms. The van der Waals surface area contributed by atoms with Crippen LogP contribution in [0.2, 0.25) is 0 Å². The van der Waals surface area contributed by atoms with Gasteiger partial charge in [0.25, 0.3) is 0 Å². The number of hydrogen-bond donors (Lipinski definition) is 1. The van der Waals surface area contributed by atoms with Crippen LogP contribution in [0.4, 0.5) is 23.7 Å². The Hall–Kier alpha value is -4.65. The first-order chi connectivity index (χ1) is 21.9. The van der Waals surface area contributed by atoms with Crippen molar-refractivity contribution in [1.82, 2.24) is 20.1 Å². The van der Waals surface area contributed by atoms with Gasteiger partial charge >= 0.3 is 12.4 Å². The number of amidine groups is 1. The number of ether oxygens (including phenoxy) is 1. The topological polar surface area (TPSA) is 102 Å². The smallest absolute Gasteiger partial charge is 0.406 e. The number of aromatic nitrogens is 3. The third-order valence-electron chi connectivity index (χ3n) is 7.24. The largest absolute Gasteiger partial charge is 0.573 e. The molecule has 0 aliphatic carbocycles. The molecule has 1 saturated heterocycles. The zero-order valence-electron chi connectivity index (χ0n) is 25.7. The minimum Gasteiger partial charge on any atom is -0.406 e. The monoisotopic (exact) mass is 650 g/mol. The summed E-state index contributed by atoms with van der Waals surface area (Å²) >= 11 is 1.26. The molecule has 1 aromatic heterocycles. The van der Waals surface area contributed by atoms with E-state index in [0.717, 1.165) is 27.9 Å². The molecule has 9 nitrogen and oxygen atoms in total. The van der Waals surface area contributed by atoms with Gasteiger partial charge in [0.05, 0.1) is 17.1 Å². The normalized spacial score (nSPS) is 15.1. The van der Waals surface area contributed by atoms with Gasteiger partial charge < -0.3 is 10.1 Å². The molecule has 1 N–H and O–H groups in total. The Kier molecular flexibility index (Phi) is 9.80. The van der Waals surface area contributed by atoms with Crippen molar-refractivity contribution in [3.8, 4) is 22.8 Å². The van der Waals surface area contributed by atoms with Crippen molar-refractivity contribution < 1.29 is 27.5 Å². The summed E-state index contributed by atoms with van der Waals surface area (Å²) in [4.78, 5) is 35.7. The van der Waals surface area contributed by atoms with Crippen molar-refractivity contribution in [2.75, 3.05) is 17.2 Å². The highest BCUT2D eigenvalue weighted by atomic mass is 32.2. The minimum absolute atomic E-state index is 0.101. The second-order valence-electron chi connectivity index (χ2n) is 11.4. The number of hydrogen-bond acceptors (Lipinski definition) is 6. The van der Waals surface area contributed by atoms with Gasteiger partial charge in [-0.15, -0.1) is 18.3 Å². The van der Waals surface area contributed by atoms with Gasteiger partial charge in [-0.1, -0.05) is 68.9 Å². The van der Waals surface area contributed by atoms with Gasteiger partial charge in [-0.3, -0.25) is 9.69 Å². The van der Waals surface area contributed by atoms with Crippen LogP contribution in [0, 0.1) is 12.8 Å². The summed E-state index contributed by atoms with van der Waals surface area (Å²) in [6.45, 7) is 8.53. The van der Waals surface area contributed by atoms with Gasteiger partial charge in [-0.25, -0.2) is 14.5 Å². The summed E-state index contributed by atoms with van der Waals surface area (Å²) < 4.78 is 42.6. The number of aliphatic imine (C=N–C) groups is 1. The number of rotatable bonds is 9. The first-order valence-corrected chi connectivity index (χ1v) is 15.6. The maximum atomic E-state index is 12.8. The maximum absolute atomic E-state index is 12.8. The van der Waals surface area contributed by atoms with E-state index in [1.807, 2.05) is 56.3 Å². The summed E-state index contributed by atoms with van der Waals surface area (Å²) in [7, 11) is 0. The zero-order valence-corrected chi connectivity index (χ0v) is 26.5. The van der Waals surface area contributed by atoms with E-state index in [1.165, 1.54) is 47.0 Å². The van der Waals surface area contributed by atoms with E-state index in [1.54, 1.807) is 4.90 Å². The molecule has 2 heterocycles. The average molecular weight is 651 g/mol.